The molecule has 2 heterocycles. The highest BCUT2D eigenvalue weighted by Crippen LogP contribution is 2.39. The van der Waals surface area contributed by atoms with Crippen LogP contribution in [0.1, 0.15) is 47.2 Å². The molecule has 0 unspecified atom stereocenters. The zero-order chi connectivity index (χ0) is 21.1. The van der Waals surface area contributed by atoms with Crippen molar-refractivity contribution in [3.05, 3.63) is 52.8 Å². The number of rotatable bonds is 5. The molecule has 0 aromatic heterocycles. The number of Topliss-reactive ketones (excluding diaryl/α,β-unsaturated/α-hetero) is 1. The molecule has 2 aliphatic rings. The maximum atomic E-state index is 13.0. The van der Waals surface area contributed by atoms with Crippen LogP contribution in [0.4, 0.5) is 0 Å². The van der Waals surface area contributed by atoms with E-state index in [0.29, 0.717) is 40.5 Å². The molecule has 0 amide bonds. The Hall–Kier alpha value is -2.99. The van der Waals surface area contributed by atoms with Crippen LogP contribution < -0.4 is 24.2 Å². The lowest BCUT2D eigenvalue weighted by Gasteiger charge is -2.22. The lowest BCUT2D eigenvalue weighted by molar-refractivity contribution is -0.913. The van der Waals surface area contributed by atoms with E-state index in [1.54, 1.807) is 38.5 Å². The van der Waals surface area contributed by atoms with Gasteiger partial charge >= 0.3 is 0 Å². The highest BCUT2D eigenvalue weighted by Gasteiger charge is 2.31. The first kappa shape index (κ1) is 20.3. The zero-order valence-corrected chi connectivity index (χ0v) is 17.5. The van der Waals surface area contributed by atoms with Gasteiger partial charge in [-0.1, -0.05) is 11.8 Å². The summed E-state index contributed by atoms with van der Waals surface area (Å²) in [6, 6.07) is 8.43. The summed E-state index contributed by atoms with van der Waals surface area (Å²) in [7, 11) is 3.15. The van der Waals surface area contributed by atoms with E-state index in [9.17, 15) is 9.90 Å². The quantitative estimate of drug-likeness (QED) is 0.768. The number of ether oxygens (including phenoxy) is 3. The average Bonchev–Trinajstić information content (AvgIpc) is 2.92. The van der Waals surface area contributed by atoms with Crippen LogP contribution in [0, 0.1) is 0 Å². The van der Waals surface area contributed by atoms with Gasteiger partial charge < -0.3 is 24.2 Å². The molecule has 0 spiro atoms. The van der Waals surface area contributed by atoms with Crippen LogP contribution in [0.25, 0.3) is 6.08 Å². The maximum Gasteiger partial charge on any atom is 0.231 e. The number of quaternary nitrogens is 1. The van der Waals surface area contributed by atoms with Crippen molar-refractivity contribution in [1.82, 2.24) is 0 Å². The van der Waals surface area contributed by atoms with Crippen molar-refractivity contribution in [1.29, 1.82) is 0 Å². The van der Waals surface area contributed by atoms with Gasteiger partial charge in [0, 0.05) is 17.2 Å². The summed E-state index contributed by atoms with van der Waals surface area (Å²) < 4.78 is 16.6. The minimum atomic E-state index is -0.213. The Morgan fingerprint density at radius 2 is 1.83 bits per heavy atom. The Bertz CT molecular complexity index is 974. The minimum absolute atomic E-state index is 0.0680. The number of carbonyl (C=O) groups is 1. The molecule has 1 N–H and O–H groups in total. The van der Waals surface area contributed by atoms with Gasteiger partial charge in [-0.25, -0.2) is 0 Å². The average molecular weight is 409 g/mol. The van der Waals surface area contributed by atoms with Crippen LogP contribution >= 0.6 is 0 Å². The van der Waals surface area contributed by atoms with E-state index in [0.717, 1.165) is 13.1 Å². The van der Waals surface area contributed by atoms with Crippen molar-refractivity contribution < 1.29 is 29.0 Å². The number of fused-ring (bicyclic) bond motifs is 1. The van der Waals surface area contributed by atoms with Crippen LogP contribution in [0.15, 0.2) is 36.1 Å². The summed E-state index contributed by atoms with van der Waals surface area (Å²) in [4.78, 5) is 14.3. The summed E-state index contributed by atoms with van der Waals surface area (Å²) in [5, 5.41) is 12.6. The highest BCUT2D eigenvalue weighted by atomic mass is 16.5. The van der Waals surface area contributed by atoms with Crippen molar-refractivity contribution in [2.24, 2.45) is 0 Å². The lowest BCUT2D eigenvalue weighted by atomic mass is 10.0. The molecule has 30 heavy (non-hydrogen) atoms. The van der Waals surface area contributed by atoms with Gasteiger partial charge in [-0.15, -0.1) is 0 Å². The van der Waals surface area contributed by atoms with E-state index in [1.807, 2.05) is 6.07 Å². The van der Waals surface area contributed by atoms with Crippen molar-refractivity contribution in [3.63, 3.8) is 0 Å². The summed E-state index contributed by atoms with van der Waals surface area (Å²) >= 11 is 0. The molecule has 158 valence electrons. The molecule has 0 saturated carbocycles. The Kier molecular flexibility index (Phi) is 5.95. The van der Waals surface area contributed by atoms with Gasteiger partial charge in [0.05, 0.1) is 32.9 Å². The van der Waals surface area contributed by atoms with E-state index >= 15 is 0 Å². The van der Waals surface area contributed by atoms with Gasteiger partial charge in [-0.3, -0.25) is 4.79 Å². The summed E-state index contributed by atoms with van der Waals surface area (Å²) in [6.07, 6.45) is 6.48. The molecule has 6 nitrogen and oxygen atoms in total. The van der Waals surface area contributed by atoms with Gasteiger partial charge in [-0.05, 0) is 50.0 Å². The molecule has 0 bridgehead atoms. The number of benzene rings is 2. The summed E-state index contributed by atoms with van der Waals surface area (Å²) in [5.41, 5.74) is 1.76. The Morgan fingerprint density at radius 3 is 2.53 bits per heavy atom. The molecule has 1 saturated heterocycles. The number of nitrogens with one attached hydrogen (secondary N) is 1. The second kappa shape index (κ2) is 8.79. The van der Waals surface area contributed by atoms with Crippen LogP contribution in [-0.4, -0.2) is 33.1 Å². The predicted octanol–water partition coefficient (Wildman–Crippen LogP) is 2.35. The van der Waals surface area contributed by atoms with Gasteiger partial charge in [0.2, 0.25) is 5.78 Å². The fourth-order valence-electron chi connectivity index (χ4n) is 4.19. The number of carbonyl (C=O) groups excluding carboxylic acids is 1. The fourth-order valence-corrected chi connectivity index (χ4v) is 4.19. The number of ketones is 1. The standard InChI is InChI=1S/C24H27NO5/c1-28-17-8-7-16(21(14-17)29-2)13-22-23(27)18-9-10-20(26)19(24(18)30-22)15-25-11-5-3-4-6-12-25/h7-10,13-14,26H,3-6,11-12,15H2,1-2H3. The van der Waals surface area contributed by atoms with E-state index in [-0.39, 0.29) is 17.3 Å². The van der Waals surface area contributed by atoms with E-state index in [2.05, 4.69) is 0 Å². The maximum absolute atomic E-state index is 13.0. The monoisotopic (exact) mass is 409 g/mol. The number of hydrogen-bond acceptors (Lipinski definition) is 5. The third kappa shape index (κ3) is 4.00. The molecule has 2 aromatic carbocycles. The Labute approximate surface area is 176 Å². The third-order valence-electron chi connectivity index (χ3n) is 5.86. The zero-order valence-electron chi connectivity index (χ0n) is 17.5. The molecule has 0 radical (unpaired) electrons. The van der Waals surface area contributed by atoms with Crippen molar-refractivity contribution >= 4 is 11.9 Å². The fraction of sp³-hybridized carbons (Fsp3) is 0.375. The second-order valence-corrected chi connectivity index (χ2v) is 7.81. The molecule has 6 heteroatoms. The topological polar surface area (TPSA) is 72.3 Å². The van der Waals surface area contributed by atoms with Gasteiger partial charge in [-0.2, -0.15) is 0 Å². The van der Waals surface area contributed by atoms with Crippen molar-refractivity contribution in [2.45, 2.75) is 32.2 Å². The molecular weight excluding hydrogens is 382 g/mol. The first-order valence-corrected chi connectivity index (χ1v) is 10.4. The van der Waals surface area contributed by atoms with E-state index < -0.39 is 0 Å². The van der Waals surface area contributed by atoms with Gasteiger partial charge in [0.1, 0.15) is 23.8 Å². The third-order valence-corrected chi connectivity index (χ3v) is 5.86. The van der Waals surface area contributed by atoms with E-state index in [4.69, 9.17) is 14.2 Å². The van der Waals surface area contributed by atoms with Gasteiger partial charge in [0.15, 0.2) is 5.76 Å². The van der Waals surface area contributed by atoms with Crippen molar-refractivity contribution in [2.75, 3.05) is 27.3 Å². The molecular formula is C24H27NO5. The number of hydrogen-bond donors (Lipinski definition) is 1. The SMILES string of the molecule is COc1ccc(C=C2Oc3c(ccc([O-])c3C[NH+]3CCCCCC3)C2=O)c(OC)c1. The normalized spacial score (nSPS) is 18.1. The summed E-state index contributed by atoms with van der Waals surface area (Å²) in [5.74, 6) is 1.58. The van der Waals surface area contributed by atoms with Gasteiger partial charge in [0.25, 0.3) is 0 Å². The molecule has 1 fully saturated rings. The number of methoxy groups -OCH3 is 2. The number of allylic oxidation sites excluding steroid dienone is 1. The second-order valence-electron chi connectivity index (χ2n) is 7.81. The lowest BCUT2D eigenvalue weighted by Crippen LogP contribution is -3.10. The molecule has 4 rings (SSSR count). The summed E-state index contributed by atoms with van der Waals surface area (Å²) in [6.45, 7) is 2.68. The molecule has 2 aliphatic heterocycles. The van der Waals surface area contributed by atoms with E-state index in [1.165, 1.54) is 36.6 Å². The van der Waals surface area contributed by atoms with Crippen LogP contribution in [0.2, 0.25) is 0 Å². The Morgan fingerprint density at radius 1 is 1.07 bits per heavy atom. The number of likely N-dealkylation sites (tertiary alicyclic amines) is 1. The van der Waals surface area contributed by atoms with Crippen LogP contribution in [0.5, 0.6) is 23.0 Å². The predicted molar refractivity (Wildman–Crippen MR) is 111 cm³/mol. The molecule has 0 atom stereocenters. The minimum Gasteiger partial charge on any atom is -0.872 e. The van der Waals surface area contributed by atoms with Crippen molar-refractivity contribution in [3.8, 4) is 23.0 Å². The largest absolute Gasteiger partial charge is 0.872 e. The first-order valence-electron chi connectivity index (χ1n) is 10.4. The first-order chi connectivity index (χ1) is 14.6. The smallest absolute Gasteiger partial charge is 0.231 e. The highest BCUT2D eigenvalue weighted by molar-refractivity contribution is 6.15. The van der Waals surface area contributed by atoms with Crippen LogP contribution in [-0.2, 0) is 6.54 Å². The van der Waals surface area contributed by atoms with Crippen LogP contribution in [0.3, 0.4) is 0 Å². The Balaban J connectivity index is 1.65. The molecule has 0 aliphatic carbocycles. The molecule has 2 aromatic rings.